The number of aliphatic hydroxyl groups excluding tert-OH is 2. The molecule has 0 fully saturated rings. The summed E-state index contributed by atoms with van der Waals surface area (Å²) in [5, 5.41) is 24.8. The molecule has 0 saturated heterocycles. The van der Waals surface area contributed by atoms with Crippen molar-refractivity contribution < 1.29 is 29.6 Å². The molecule has 0 saturated carbocycles. The van der Waals surface area contributed by atoms with Gasteiger partial charge in [0.15, 0.2) is 0 Å². The van der Waals surface area contributed by atoms with E-state index in [4.69, 9.17) is 21.1 Å². The Morgan fingerprint density at radius 3 is 1.94 bits per heavy atom. The van der Waals surface area contributed by atoms with E-state index in [1.54, 1.807) is 6.92 Å². The number of carbonyl (C=O) groups excluding carboxylic acids is 1. The lowest BCUT2D eigenvalue weighted by atomic mass is 10.1. The van der Waals surface area contributed by atoms with Crippen LogP contribution in [0.25, 0.3) is 0 Å². The van der Waals surface area contributed by atoms with Gasteiger partial charge in [-0.1, -0.05) is 0 Å². The predicted molar refractivity (Wildman–Crippen MR) is 55.6 cm³/mol. The first-order valence-electron chi connectivity index (χ1n) is 4.80. The van der Waals surface area contributed by atoms with Crippen LogP contribution in [0.1, 0.15) is 13.3 Å². The fourth-order valence-electron chi connectivity index (χ4n) is 0.654. The van der Waals surface area contributed by atoms with Gasteiger partial charge >= 0.3 is 11.9 Å². The van der Waals surface area contributed by atoms with Crippen LogP contribution < -0.4 is 5.73 Å². The first kappa shape index (κ1) is 17.2. The van der Waals surface area contributed by atoms with E-state index in [1.807, 2.05) is 0 Å². The van der Waals surface area contributed by atoms with Crippen LogP contribution in [-0.2, 0) is 14.3 Å². The second kappa shape index (κ2) is 11.9. The van der Waals surface area contributed by atoms with E-state index in [1.165, 1.54) is 0 Å². The van der Waals surface area contributed by atoms with Crippen LogP contribution in [-0.4, -0.2) is 53.6 Å². The van der Waals surface area contributed by atoms with Crippen LogP contribution in [0.15, 0.2) is 0 Å². The summed E-state index contributed by atoms with van der Waals surface area (Å²) in [6.07, 6.45) is -0.174. The van der Waals surface area contributed by atoms with Gasteiger partial charge in [-0.15, -0.1) is 0 Å². The fraction of sp³-hybridized carbons (Fsp3) is 0.778. The van der Waals surface area contributed by atoms with Gasteiger partial charge in [0.05, 0.1) is 19.6 Å². The van der Waals surface area contributed by atoms with Gasteiger partial charge in [-0.25, -0.2) is 0 Å². The highest BCUT2D eigenvalue weighted by Gasteiger charge is 2.09. The predicted octanol–water partition coefficient (Wildman–Crippen LogP) is -1.43. The number of nitrogens with two attached hydrogens (primary N) is 1. The second-order valence-electron chi connectivity index (χ2n) is 2.84. The minimum atomic E-state index is -0.997. The molecule has 0 aromatic rings. The number of aliphatic hydroxyl groups is 2. The number of hydrogen-bond donors (Lipinski definition) is 4. The Kier molecular flexibility index (Phi) is 12.8. The van der Waals surface area contributed by atoms with Gasteiger partial charge < -0.3 is 25.8 Å². The molecule has 7 heteroatoms. The molecule has 0 unspecified atom stereocenters. The molecule has 0 atom stereocenters. The van der Waals surface area contributed by atoms with Crippen LogP contribution in [0.4, 0.5) is 0 Å². The number of hydrogen-bond acceptors (Lipinski definition) is 6. The van der Waals surface area contributed by atoms with Gasteiger partial charge in [-0.05, 0) is 6.92 Å². The minimum Gasteiger partial charge on any atom is -0.481 e. The number of carbonyl (C=O) groups is 2. The molecule has 0 aromatic heterocycles. The van der Waals surface area contributed by atoms with Gasteiger partial charge in [-0.2, -0.15) is 0 Å². The van der Waals surface area contributed by atoms with E-state index in [0.717, 1.165) is 0 Å². The first-order valence-corrected chi connectivity index (χ1v) is 4.80. The first-order chi connectivity index (χ1) is 7.51. The lowest BCUT2D eigenvalue weighted by Crippen LogP contribution is -2.16. The third kappa shape index (κ3) is 12.8. The Morgan fingerprint density at radius 1 is 1.31 bits per heavy atom. The largest absolute Gasteiger partial charge is 0.481 e. The highest BCUT2D eigenvalue weighted by atomic mass is 16.5. The normalized spacial score (nSPS) is 9.31. The van der Waals surface area contributed by atoms with E-state index in [2.05, 4.69) is 4.74 Å². The van der Waals surface area contributed by atoms with E-state index < -0.39 is 11.9 Å². The van der Waals surface area contributed by atoms with Crippen molar-refractivity contribution in [2.75, 3.05) is 26.4 Å². The van der Waals surface area contributed by atoms with Crippen LogP contribution in [0, 0.1) is 5.92 Å². The summed E-state index contributed by atoms with van der Waals surface area (Å²) in [6, 6.07) is 0. The molecule has 96 valence electrons. The Balaban J connectivity index is 0. The molecule has 0 aliphatic rings. The van der Waals surface area contributed by atoms with Gasteiger partial charge in [-0.3, -0.25) is 9.59 Å². The standard InChI is InChI=1S/C5H10O4.C4H9NO2/c6-2-4(3-7)1-5(8)9;1-2-7-4(6)3-5/h4,6-7H,1-3H2,(H,8,9);2-3,5H2,1H3. The zero-order valence-corrected chi connectivity index (χ0v) is 9.26. The number of ether oxygens (including phenoxy) is 1. The maximum atomic E-state index is 10.1. The SMILES string of the molecule is CCOC(=O)CN.O=C(O)CC(CO)CO. The zero-order valence-electron chi connectivity index (χ0n) is 9.26. The molecule has 0 aromatic carbocycles. The topological polar surface area (TPSA) is 130 Å². The summed E-state index contributed by atoms with van der Waals surface area (Å²) < 4.78 is 4.43. The van der Waals surface area contributed by atoms with Crippen molar-refractivity contribution in [2.24, 2.45) is 11.7 Å². The molecule has 0 amide bonds. The summed E-state index contributed by atoms with van der Waals surface area (Å²) in [4.78, 5) is 20.0. The molecule has 0 heterocycles. The molecule has 16 heavy (non-hydrogen) atoms. The Morgan fingerprint density at radius 2 is 1.81 bits per heavy atom. The number of carboxylic acid groups (broad SMARTS) is 1. The monoisotopic (exact) mass is 237 g/mol. The van der Waals surface area contributed by atoms with Crippen molar-refractivity contribution in [2.45, 2.75) is 13.3 Å². The quantitative estimate of drug-likeness (QED) is 0.416. The van der Waals surface area contributed by atoms with Crippen molar-refractivity contribution >= 4 is 11.9 Å². The third-order valence-electron chi connectivity index (χ3n) is 1.45. The zero-order chi connectivity index (χ0) is 13.0. The molecule has 0 spiro atoms. The second-order valence-corrected chi connectivity index (χ2v) is 2.84. The average Bonchev–Trinajstić information content (AvgIpc) is 2.26. The molecule has 7 nitrogen and oxygen atoms in total. The number of rotatable bonds is 6. The van der Waals surface area contributed by atoms with Crippen LogP contribution in [0.2, 0.25) is 0 Å². The van der Waals surface area contributed by atoms with E-state index in [9.17, 15) is 9.59 Å². The van der Waals surface area contributed by atoms with Crippen LogP contribution in [0.5, 0.6) is 0 Å². The Labute approximate surface area is 93.8 Å². The molecule has 0 radical (unpaired) electrons. The van der Waals surface area contributed by atoms with Crippen molar-refractivity contribution in [1.82, 2.24) is 0 Å². The molecular formula is C9H19NO6. The maximum absolute atomic E-state index is 10.1. The van der Waals surface area contributed by atoms with Crippen LogP contribution >= 0.6 is 0 Å². The summed E-state index contributed by atoms with van der Waals surface area (Å²) >= 11 is 0. The molecular weight excluding hydrogens is 218 g/mol. The number of aliphatic carboxylic acids is 1. The third-order valence-corrected chi connectivity index (χ3v) is 1.45. The number of esters is 1. The molecule has 0 aliphatic heterocycles. The highest BCUT2D eigenvalue weighted by Crippen LogP contribution is 1.98. The van der Waals surface area contributed by atoms with E-state index >= 15 is 0 Å². The van der Waals surface area contributed by atoms with Gasteiger partial charge in [0.1, 0.15) is 0 Å². The molecule has 0 bridgehead atoms. The van der Waals surface area contributed by atoms with Gasteiger partial charge in [0.25, 0.3) is 0 Å². The van der Waals surface area contributed by atoms with Gasteiger partial charge in [0.2, 0.25) is 0 Å². The smallest absolute Gasteiger partial charge is 0.319 e. The minimum absolute atomic E-state index is 0.0200. The summed E-state index contributed by atoms with van der Waals surface area (Å²) in [5.74, 6) is -1.85. The van der Waals surface area contributed by atoms with Crippen molar-refractivity contribution in [3.05, 3.63) is 0 Å². The van der Waals surface area contributed by atoms with Crippen molar-refractivity contribution in [3.63, 3.8) is 0 Å². The Hall–Kier alpha value is -1.18. The van der Waals surface area contributed by atoms with Gasteiger partial charge in [0, 0.05) is 19.1 Å². The number of carboxylic acids is 1. The van der Waals surface area contributed by atoms with E-state index in [0.29, 0.717) is 6.61 Å². The summed E-state index contributed by atoms with van der Waals surface area (Å²) in [7, 11) is 0. The van der Waals surface area contributed by atoms with Crippen molar-refractivity contribution in [1.29, 1.82) is 0 Å². The van der Waals surface area contributed by atoms with Crippen molar-refractivity contribution in [3.8, 4) is 0 Å². The van der Waals surface area contributed by atoms with E-state index in [-0.39, 0.29) is 32.1 Å². The molecule has 5 N–H and O–H groups in total. The summed E-state index contributed by atoms with van der Waals surface area (Å²) in [6.45, 7) is 1.59. The highest BCUT2D eigenvalue weighted by molar-refractivity contribution is 5.71. The Bertz CT molecular complexity index is 192. The molecule has 0 aliphatic carbocycles. The van der Waals surface area contributed by atoms with Crippen LogP contribution in [0.3, 0.4) is 0 Å². The lowest BCUT2D eigenvalue weighted by Gasteiger charge is -2.04. The fourth-order valence-corrected chi connectivity index (χ4v) is 0.654. The molecule has 0 rings (SSSR count). The lowest BCUT2D eigenvalue weighted by molar-refractivity contribution is -0.141. The summed E-state index contributed by atoms with van der Waals surface area (Å²) in [5.41, 5.74) is 4.88. The maximum Gasteiger partial charge on any atom is 0.319 e. The average molecular weight is 237 g/mol.